The number of hydrogen-bond acceptors (Lipinski definition) is 3. The molecule has 1 fully saturated rings. The number of H-pyrrole nitrogens is 1. The minimum atomic E-state index is -0.0243. The molecule has 6 nitrogen and oxygen atoms in total. The normalized spacial score (nSPS) is 18.7. The fourth-order valence-electron chi connectivity index (χ4n) is 3.16. The summed E-state index contributed by atoms with van der Waals surface area (Å²) in [7, 11) is 0. The van der Waals surface area contributed by atoms with Gasteiger partial charge in [-0.05, 0) is 44.9 Å². The highest BCUT2D eigenvalue weighted by molar-refractivity contribution is 5.92. The summed E-state index contributed by atoms with van der Waals surface area (Å²) in [5, 5.41) is 3.02. The van der Waals surface area contributed by atoms with Gasteiger partial charge in [0, 0.05) is 37.7 Å². The van der Waals surface area contributed by atoms with E-state index in [1.807, 2.05) is 18.5 Å². The molecule has 1 saturated heterocycles. The average molecular weight is 315 g/mol. The fraction of sp³-hybridized carbons (Fsp3) is 0.529. The third-order valence-electron chi connectivity index (χ3n) is 4.43. The van der Waals surface area contributed by atoms with Crippen LogP contribution in [0.1, 0.15) is 42.6 Å². The standard InChI is InChI=1S/C17H25N5O/c1-13(2)22-9-7-19-16(22)12-21-8-5-14(11-21)10-20-17(23)15-4-3-6-18-15/h3-4,6-7,9,13-14,18H,5,8,10-12H2,1-2H3,(H,20,23)/t14-/m0/s1. The Bertz CT molecular complexity index is 631. The molecular formula is C17H25N5O. The lowest BCUT2D eigenvalue weighted by Gasteiger charge is -2.18. The molecule has 0 aromatic carbocycles. The van der Waals surface area contributed by atoms with Crippen molar-refractivity contribution in [1.29, 1.82) is 0 Å². The van der Waals surface area contributed by atoms with Gasteiger partial charge >= 0.3 is 0 Å². The Kier molecular flexibility index (Phi) is 4.81. The first kappa shape index (κ1) is 15.8. The van der Waals surface area contributed by atoms with Crippen molar-refractivity contribution in [1.82, 2.24) is 24.8 Å². The fourth-order valence-corrected chi connectivity index (χ4v) is 3.16. The van der Waals surface area contributed by atoms with E-state index in [1.54, 1.807) is 12.3 Å². The molecule has 2 aromatic rings. The van der Waals surface area contributed by atoms with Crippen LogP contribution in [0.15, 0.2) is 30.7 Å². The van der Waals surface area contributed by atoms with Crippen LogP contribution in [-0.2, 0) is 6.54 Å². The van der Waals surface area contributed by atoms with Gasteiger partial charge in [0.25, 0.3) is 5.91 Å². The topological polar surface area (TPSA) is 66.0 Å². The highest BCUT2D eigenvalue weighted by Gasteiger charge is 2.24. The van der Waals surface area contributed by atoms with Crippen molar-refractivity contribution in [3.8, 4) is 0 Å². The first-order valence-electron chi connectivity index (χ1n) is 8.29. The number of hydrogen-bond donors (Lipinski definition) is 2. The lowest BCUT2D eigenvalue weighted by atomic mass is 10.1. The van der Waals surface area contributed by atoms with Gasteiger partial charge in [-0.25, -0.2) is 4.98 Å². The SMILES string of the molecule is CC(C)n1ccnc1CN1CC[C@@H](CNC(=O)c2ccc[nH]2)C1. The van der Waals surface area contributed by atoms with Gasteiger partial charge in [0.2, 0.25) is 0 Å². The molecule has 1 aliphatic rings. The van der Waals surface area contributed by atoms with Gasteiger partial charge in [0.05, 0.1) is 6.54 Å². The highest BCUT2D eigenvalue weighted by atomic mass is 16.1. The summed E-state index contributed by atoms with van der Waals surface area (Å²) in [6, 6.07) is 4.07. The van der Waals surface area contributed by atoms with Crippen molar-refractivity contribution in [2.75, 3.05) is 19.6 Å². The van der Waals surface area contributed by atoms with E-state index in [0.29, 0.717) is 17.7 Å². The molecule has 1 aliphatic heterocycles. The maximum atomic E-state index is 12.0. The van der Waals surface area contributed by atoms with E-state index in [0.717, 1.165) is 38.4 Å². The zero-order chi connectivity index (χ0) is 16.2. The molecule has 2 N–H and O–H groups in total. The molecular weight excluding hydrogens is 290 g/mol. The number of amides is 1. The smallest absolute Gasteiger partial charge is 0.267 e. The molecule has 0 radical (unpaired) electrons. The zero-order valence-electron chi connectivity index (χ0n) is 13.8. The van der Waals surface area contributed by atoms with Crippen LogP contribution in [0.5, 0.6) is 0 Å². The molecule has 3 heterocycles. The third-order valence-corrected chi connectivity index (χ3v) is 4.43. The number of carbonyl (C=O) groups excluding carboxylic acids is 1. The van der Waals surface area contributed by atoms with Gasteiger partial charge < -0.3 is 14.9 Å². The van der Waals surface area contributed by atoms with Crippen molar-refractivity contribution >= 4 is 5.91 Å². The first-order chi connectivity index (χ1) is 11.1. The molecule has 1 atom stereocenters. The number of imidazole rings is 1. The number of likely N-dealkylation sites (tertiary alicyclic amines) is 1. The van der Waals surface area contributed by atoms with E-state index >= 15 is 0 Å². The molecule has 0 unspecified atom stereocenters. The van der Waals surface area contributed by atoms with Gasteiger partial charge in [-0.1, -0.05) is 0 Å². The second-order valence-corrected chi connectivity index (χ2v) is 6.53. The van der Waals surface area contributed by atoms with E-state index < -0.39 is 0 Å². The predicted octanol–water partition coefficient (Wildman–Crippen LogP) is 2.04. The van der Waals surface area contributed by atoms with Gasteiger partial charge in [0.1, 0.15) is 11.5 Å². The Morgan fingerprint density at radius 3 is 3.13 bits per heavy atom. The number of nitrogens with one attached hydrogen (secondary N) is 2. The Morgan fingerprint density at radius 1 is 1.52 bits per heavy atom. The Morgan fingerprint density at radius 2 is 2.39 bits per heavy atom. The Labute approximate surface area is 136 Å². The molecule has 1 amide bonds. The molecule has 124 valence electrons. The molecule has 2 aromatic heterocycles. The van der Waals surface area contributed by atoms with Crippen LogP contribution in [-0.4, -0.2) is 45.0 Å². The minimum absolute atomic E-state index is 0.0243. The van der Waals surface area contributed by atoms with Gasteiger partial charge in [-0.2, -0.15) is 0 Å². The second-order valence-electron chi connectivity index (χ2n) is 6.53. The summed E-state index contributed by atoms with van der Waals surface area (Å²) in [5.74, 6) is 1.61. The lowest BCUT2D eigenvalue weighted by molar-refractivity contribution is 0.0943. The average Bonchev–Trinajstić information content (AvgIpc) is 3.27. The van der Waals surface area contributed by atoms with Crippen molar-refractivity contribution < 1.29 is 4.79 Å². The number of aromatic amines is 1. The van der Waals surface area contributed by atoms with E-state index in [9.17, 15) is 4.79 Å². The van der Waals surface area contributed by atoms with Gasteiger partial charge in [-0.3, -0.25) is 9.69 Å². The molecule has 6 heteroatoms. The van der Waals surface area contributed by atoms with Crippen LogP contribution in [0.25, 0.3) is 0 Å². The zero-order valence-corrected chi connectivity index (χ0v) is 13.8. The third kappa shape index (κ3) is 3.82. The number of carbonyl (C=O) groups is 1. The van der Waals surface area contributed by atoms with Crippen LogP contribution in [0.3, 0.4) is 0 Å². The molecule has 23 heavy (non-hydrogen) atoms. The van der Waals surface area contributed by atoms with Crippen LogP contribution in [0.4, 0.5) is 0 Å². The van der Waals surface area contributed by atoms with Crippen molar-refractivity contribution in [2.24, 2.45) is 5.92 Å². The summed E-state index contributed by atoms with van der Waals surface area (Å²) >= 11 is 0. The van der Waals surface area contributed by atoms with Crippen LogP contribution in [0, 0.1) is 5.92 Å². The Balaban J connectivity index is 1.47. The molecule has 0 saturated carbocycles. The van der Waals surface area contributed by atoms with Crippen molar-refractivity contribution in [3.63, 3.8) is 0 Å². The van der Waals surface area contributed by atoms with Gasteiger partial charge in [-0.15, -0.1) is 0 Å². The molecule has 0 aliphatic carbocycles. The first-order valence-corrected chi connectivity index (χ1v) is 8.29. The molecule has 3 rings (SSSR count). The van der Waals surface area contributed by atoms with Crippen molar-refractivity contribution in [2.45, 2.75) is 32.9 Å². The van der Waals surface area contributed by atoms with Crippen LogP contribution >= 0.6 is 0 Å². The number of rotatable bonds is 6. The number of aromatic nitrogens is 3. The molecule has 0 bridgehead atoms. The van der Waals surface area contributed by atoms with Gasteiger partial charge in [0.15, 0.2) is 0 Å². The Hall–Kier alpha value is -2.08. The summed E-state index contributed by atoms with van der Waals surface area (Å²) in [5.41, 5.74) is 0.624. The lowest BCUT2D eigenvalue weighted by Crippen LogP contribution is -2.31. The van der Waals surface area contributed by atoms with E-state index in [-0.39, 0.29) is 5.91 Å². The van der Waals surface area contributed by atoms with Crippen LogP contribution < -0.4 is 5.32 Å². The maximum absolute atomic E-state index is 12.0. The largest absolute Gasteiger partial charge is 0.357 e. The maximum Gasteiger partial charge on any atom is 0.267 e. The highest BCUT2D eigenvalue weighted by Crippen LogP contribution is 2.19. The van der Waals surface area contributed by atoms with E-state index in [1.165, 1.54) is 0 Å². The minimum Gasteiger partial charge on any atom is -0.357 e. The summed E-state index contributed by atoms with van der Waals surface area (Å²) in [6.45, 7) is 8.03. The summed E-state index contributed by atoms with van der Waals surface area (Å²) in [4.78, 5) is 21.8. The number of nitrogens with zero attached hydrogens (tertiary/aromatic N) is 3. The second kappa shape index (κ2) is 7.00. The predicted molar refractivity (Wildman–Crippen MR) is 89.1 cm³/mol. The van der Waals surface area contributed by atoms with Crippen molar-refractivity contribution in [3.05, 3.63) is 42.2 Å². The van der Waals surface area contributed by atoms with E-state index in [4.69, 9.17) is 0 Å². The quantitative estimate of drug-likeness (QED) is 0.857. The molecule has 0 spiro atoms. The summed E-state index contributed by atoms with van der Waals surface area (Å²) in [6.07, 6.45) is 6.81. The summed E-state index contributed by atoms with van der Waals surface area (Å²) < 4.78 is 2.22. The van der Waals surface area contributed by atoms with Crippen LogP contribution in [0.2, 0.25) is 0 Å². The monoisotopic (exact) mass is 315 g/mol. The van der Waals surface area contributed by atoms with E-state index in [2.05, 4.69) is 38.6 Å².